The predicted octanol–water partition coefficient (Wildman–Crippen LogP) is 13.2. The van der Waals surface area contributed by atoms with Gasteiger partial charge >= 0.3 is 0 Å². The summed E-state index contributed by atoms with van der Waals surface area (Å²) in [6.07, 6.45) is 0. The maximum absolute atomic E-state index is 6.49. The zero-order chi connectivity index (χ0) is 33.5. The lowest BCUT2D eigenvalue weighted by molar-refractivity contribution is 0.670. The number of nitrogens with zero attached hydrogens (tertiary/aromatic N) is 3. The van der Waals surface area contributed by atoms with Gasteiger partial charge in [0.05, 0.1) is 0 Å². The Morgan fingerprint density at radius 2 is 0.941 bits per heavy atom. The molecule has 4 aromatic heterocycles. The van der Waals surface area contributed by atoms with E-state index in [0.29, 0.717) is 17.5 Å². The molecule has 0 bridgehead atoms. The Morgan fingerprint density at radius 3 is 1.78 bits per heavy atom. The van der Waals surface area contributed by atoms with E-state index in [1.165, 1.54) is 35.6 Å². The molecule has 0 N–H and O–H groups in total. The van der Waals surface area contributed by atoms with Crippen LogP contribution >= 0.6 is 22.7 Å². The van der Waals surface area contributed by atoms with E-state index in [1.54, 1.807) is 22.7 Å². The fraction of sp³-hybridized carbons (Fsp3) is 0. The first kappa shape index (κ1) is 28.6. The number of furan rings is 1. The van der Waals surface area contributed by atoms with Crippen molar-refractivity contribution in [3.8, 4) is 45.3 Å². The number of hydrogen-bond acceptors (Lipinski definition) is 6. The molecule has 0 saturated heterocycles. The van der Waals surface area contributed by atoms with Gasteiger partial charge in [-0.1, -0.05) is 127 Å². The van der Waals surface area contributed by atoms with Gasteiger partial charge in [0.25, 0.3) is 0 Å². The van der Waals surface area contributed by atoms with Gasteiger partial charge in [0.2, 0.25) is 0 Å². The van der Waals surface area contributed by atoms with Gasteiger partial charge < -0.3 is 4.42 Å². The molecule has 0 aliphatic carbocycles. The minimum absolute atomic E-state index is 0.655. The largest absolute Gasteiger partial charge is 0.455 e. The first-order valence-corrected chi connectivity index (χ1v) is 18.5. The normalized spacial score (nSPS) is 11.9. The van der Waals surface area contributed by atoms with E-state index in [1.807, 2.05) is 30.3 Å². The van der Waals surface area contributed by atoms with Crippen molar-refractivity contribution in [2.75, 3.05) is 0 Å². The van der Waals surface area contributed by atoms with Crippen LogP contribution in [0.5, 0.6) is 0 Å². The molecule has 4 heterocycles. The summed E-state index contributed by atoms with van der Waals surface area (Å²) in [4.78, 5) is 15.6. The molecule has 0 saturated carbocycles. The predicted molar refractivity (Wildman–Crippen MR) is 215 cm³/mol. The van der Waals surface area contributed by atoms with Crippen LogP contribution in [0.2, 0.25) is 0 Å². The van der Waals surface area contributed by atoms with E-state index >= 15 is 0 Å². The summed E-state index contributed by atoms with van der Waals surface area (Å²) in [5.74, 6) is 1.99. The third-order valence-electron chi connectivity index (χ3n) is 9.77. The molecule has 238 valence electrons. The Bertz CT molecular complexity index is 3160. The second kappa shape index (κ2) is 11.2. The van der Waals surface area contributed by atoms with Crippen LogP contribution in [0.4, 0.5) is 0 Å². The van der Waals surface area contributed by atoms with Crippen LogP contribution in [-0.4, -0.2) is 15.0 Å². The highest BCUT2D eigenvalue weighted by molar-refractivity contribution is 7.27. The van der Waals surface area contributed by atoms with Crippen LogP contribution in [-0.2, 0) is 0 Å². The molecule has 0 spiro atoms. The van der Waals surface area contributed by atoms with Crippen molar-refractivity contribution in [2.45, 2.75) is 0 Å². The lowest BCUT2D eigenvalue weighted by Crippen LogP contribution is -2.00. The standard InChI is InChI=1S/C45H25N3OS2/c1-2-12-26(13-3-1)43-46-44(34-21-11-25-38-39(34)33-15-5-7-24-37(33)50-38)48-45(47-43)35-22-10-20-32-31-19-9-18-30(41(31)51-42(32)35)29-17-8-16-28-27-14-4-6-23-36(27)49-40(28)29/h1-25H. The van der Waals surface area contributed by atoms with Gasteiger partial charge in [-0.2, -0.15) is 0 Å². The highest BCUT2D eigenvalue weighted by atomic mass is 32.1. The van der Waals surface area contributed by atoms with E-state index in [0.717, 1.165) is 54.5 Å². The number of fused-ring (bicyclic) bond motifs is 9. The molecule has 4 nitrogen and oxygen atoms in total. The summed E-state index contributed by atoms with van der Waals surface area (Å²) >= 11 is 3.59. The van der Waals surface area contributed by atoms with E-state index in [4.69, 9.17) is 19.4 Å². The van der Waals surface area contributed by atoms with Crippen molar-refractivity contribution >= 4 is 85.0 Å². The molecule has 0 unspecified atom stereocenters. The lowest BCUT2D eigenvalue weighted by atomic mass is 10.00. The highest BCUT2D eigenvalue weighted by Gasteiger charge is 2.21. The van der Waals surface area contributed by atoms with E-state index in [2.05, 4.69) is 121 Å². The molecule has 0 atom stereocenters. The van der Waals surface area contributed by atoms with Crippen molar-refractivity contribution in [1.82, 2.24) is 15.0 Å². The molecule has 11 aromatic rings. The van der Waals surface area contributed by atoms with Crippen molar-refractivity contribution < 1.29 is 4.42 Å². The molecule has 6 heteroatoms. The Kier molecular flexibility index (Phi) is 6.26. The van der Waals surface area contributed by atoms with Crippen LogP contribution in [0.3, 0.4) is 0 Å². The van der Waals surface area contributed by atoms with Gasteiger partial charge in [0.1, 0.15) is 11.2 Å². The second-order valence-corrected chi connectivity index (χ2v) is 14.8. The summed E-state index contributed by atoms with van der Waals surface area (Å²) < 4.78 is 11.3. The van der Waals surface area contributed by atoms with Crippen molar-refractivity contribution in [3.05, 3.63) is 152 Å². The molecular formula is C45H25N3OS2. The smallest absolute Gasteiger partial charge is 0.165 e. The average Bonchev–Trinajstić information content (AvgIpc) is 3.89. The molecule has 11 rings (SSSR count). The Labute approximate surface area is 299 Å². The van der Waals surface area contributed by atoms with Gasteiger partial charge in [-0.25, -0.2) is 15.0 Å². The number of aromatic nitrogens is 3. The van der Waals surface area contributed by atoms with E-state index in [-0.39, 0.29) is 0 Å². The SMILES string of the molecule is c1ccc(-c2nc(-c3cccc4c3sc3c(-c5cccc6c5oc5ccccc56)cccc34)nc(-c3cccc4sc5ccccc5c34)n2)cc1. The molecule has 0 fully saturated rings. The summed E-state index contributed by atoms with van der Waals surface area (Å²) in [7, 11) is 0. The van der Waals surface area contributed by atoms with Gasteiger partial charge in [-0.3, -0.25) is 0 Å². The van der Waals surface area contributed by atoms with Gasteiger partial charge in [-0.15, -0.1) is 22.7 Å². The van der Waals surface area contributed by atoms with E-state index < -0.39 is 0 Å². The topological polar surface area (TPSA) is 51.8 Å². The Morgan fingerprint density at radius 1 is 0.373 bits per heavy atom. The fourth-order valence-corrected chi connectivity index (χ4v) is 9.93. The molecule has 0 aliphatic heterocycles. The lowest BCUT2D eigenvalue weighted by Gasteiger charge is -2.10. The van der Waals surface area contributed by atoms with Gasteiger partial charge in [-0.05, 0) is 24.3 Å². The minimum Gasteiger partial charge on any atom is -0.455 e. The van der Waals surface area contributed by atoms with Gasteiger partial charge in [0, 0.05) is 78.9 Å². The number of hydrogen-bond donors (Lipinski definition) is 0. The Balaban J connectivity index is 1.16. The highest BCUT2D eigenvalue weighted by Crippen LogP contribution is 2.46. The third-order valence-corrected chi connectivity index (χ3v) is 12.2. The van der Waals surface area contributed by atoms with Crippen LogP contribution in [0.1, 0.15) is 0 Å². The van der Waals surface area contributed by atoms with Crippen molar-refractivity contribution in [1.29, 1.82) is 0 Å². The zero-order valence-electron chi connectivity index (χ0n) is 27.0. The molecular weight excluding hydrogens is 663 g/mol. The van der Waals surface area contributed by atoms with Crippen LogP contribution in [0, 0.1) is 0 Å². The maximum atomic E-state index is 6.49. The van der Waals surface area contributed by atoms with Crippen molar-refractivity contribution in [2.24, 2.45) is 0 Å². The van der Waals surface area contributed by atoms with Crippen molar-refractivity contribution in [3.63, 3.8) is 0 Å². The summed E-state index contributed by atoms with van der Waals surface area (Å²) in [6, 6.07) is 53.0. The van der Waals surface area contributed by atoms with Crippen LogP contribution in [0.25, 0.3) is 108 Å². The zero-order valence-corrected chi connectivity index (χ0v) is 28.6. The molecule has 0 radical (unpaired) electrons. The third kappa shape index (κ3) is 4.40. The summed E-state index contributed by atoms with van der Waals surface area (Å²) in [6.45, 7) is 0. The summed E-state index contributed by atoms with van der Waals surface area (Å²) in [5.41, 5.74) is 7.01. The van der Waals surface area contributed by atoms with E-state index in [9.17, 15) is 0 Å². The second-order valence-electron chi connectivity index (χ2n) is 12.7. The first-order chi connectivity index (χ1) is 25.3. The quantitative estimate of drug-likeness (QED) is 0.185. The molecule has 51 heavy (non-hydrogen) atoms. The fourth-order valence-electron chi connectivity index (χ4n) is 7.46. The minimum atomic E-state index is 0.655. The number of para-hydroxylation sites is 2. The molecule has 7 aromatic carbocycles. The van der Waals surface area contributed by atoms with Crippen LogP contribution in [0.15, 0.2) is 156 Å². The monoisotopic (exact) mass is 687 g/mol. The van der Waals surface area contributed by atoms with Crippen LogP contribution < -0.4 is 0 Å². The Hall–Kier alpha value is -6.21. The summed E-state index contributed by atoms with van der Waals surface area (Å²) in [5, 5.41) is 7.04. The first-order valence-electron chi connectivity index (χ1n) is 16.9. The number of rotatable bonds is 4. The average molecular weight is 688 g/mol. The molecule has 0 aliphatic rings. The molecule has 0 amide bonds. The van der Waals surface area contributed by atoms with Gasteiger partial charge in [0.15, 0.2) is 17.5 Å². The maximum Gasteiger partial charge on any atom is 0.165 e. The number of thiophene rings is 2. The number of benzene rings is 7.